The van der Waals surface area contributed by atoms with Crippen molar-refractivity contribution in [1.82, 2.24) is 15.6 Å². The molecule has 0 aliphatic carbocycles. The van der Waals surface area contributed by atoms with E-state index in [1.54, 1.807) is 0 Å². The summed E-state index contributed by atoms with van der Waals surface area (Å²) in [6.07, 6.45) is 0.713. The minimum absolute atomic E-state index is 0.0134. The van der Waals surface area contributed by atoms with Gasteiger partial charge in [0.1, 0.15) is 5.69 Å². The molecule has 70 valence electrons. The maximum Gasteiger partial charge on any atom is 0.275 e. The predicted octanol–water partition coefficient (Wildman–Crippen LogP) is 0.382. The van der Waals surface area contributed by atoms with Crippen LogP contribution >= 0.6 is 0 Å². The molecule has 0 saturated heterocycles. The molecule has 0 radical (unpaired) electrons. The molecule has 2 rings (SSSR count). The van der Waals surface area contributed by atoms with Gasteiger partial charge in [0, 0.05) is 13.0 Å². The number of rotatable bonds is 0. The van der Waals surface area contributed by atoms with Gasteiger partial charge in [-0.1, -0.05) is 19.0 Å². The molecule has 2 heterocycles. The van der Waals surface area contributed by atoms with Gasteiger partial charge < -0.3 is 5.32 Å². The summed E-state index contributed by atoms with van der Waals surface area (Å²) in [7, 11) is 0. The second-order valence-corrected chi connectivity index (χ2v) is 4.08. The highest BCUT2D eigenvalue weighted by Crippen LogP contribution is 2.23. The Labute approximate surface area is 75.5 Å². The Kier molecular flexibility index (Phi) is 1.61. The first kappa shape index (κ1) is 8.22. The second-order valence-electron chi connectivity index (χ2n) is 4.08. The quantitative estimate of drug-likeness (QED) is 0.628. The highest BCUT2D eigenvalue weighted by Gasteiger charge is 2.30. The fraction of sp³-hybridized carbons (Fsp3) is 0.625. The van der Waals surface area contributed by atoms with Gasteiger partial charge >= 0.3 is 0 Å². The average Bonchev–Trinajstić information content (AvgIpc) is 2.44. The van der Waals surface area contributed by atoms with Crippen LogP contribution in [0.4, 0.5) is 0 Å². The number of nitrogens with one attached hydrogen (secondary N) is 1. The van der Waals surface area contributed by atoms with E-state index in [1.165, 1.54) is 0 Å². The van der Waals surface area contributed by atoms with E-state index in [2.05, 4.69) is 34.1 Å². The molecule has 5 nitrogen and oxygen atoms in total. The number of carbonyl (C=O) groups excluding carboxylic acids is 1. The van der Waals surface area contributed by atoms with E-state index >= 15 is 0 Å². The second kappa shape index (κ2) is 2.55. The zero-order valence-corrected chi connectivity index (χ0v) is 7.63. The third-order valence-electron chi connectivity index (χ3n) is 2.15. The van der Waals surface area contributed by atoms with Gasteiger partial charge in [-0.15, -0.1) is 0 Å². The lowest BCUT2D eigenvalue weighted by Crippen LogP contribution is -2.31. The molecular weight excluding hydrogens is 170 g/mol. The van der Waals surface area contributed by atoms with Crippen LogP contribution in [0.1, 0.15) is 30.0 Å². The molecule has 0 atom stereocenters. The highest BCUT2D eigenvalue weighted by molar-refractivity contribution is 5.93. The molecule has 5 heteroatoms. The minimum atomic E-state index is -0.193. The predicted molar refractivity (Wildman–Crippen MR) is 44.1 cm³/mol. The van der Waals surface area contributed by atoms with E-state index in [1.807, 2.05) is 0 Å². The summed E-state index contributed by atoms with van der Waals surface area (Å²) >= 11 is 0. The van der Waals surface area contributed by atoms with Gasteiger partial charge in [-0.2, -0.15) is 0 Å². The lowest BCUT2D eigenvalue weighted by molar-refractivity contribution is 0.0933. The zero-order chi connectivity index (χ0) is 9.47. The highest BCUT2D eigenvalue weighted by atomic mass is 16.6. The first-order chi connectivity index (χ1) is 6.08. The van der Waals surface area contributed by atoms with Crippen LogP contribution in [0.15, 0.2) is 4.63 Å². The SMILES string of the molecule is CC1(C)CNC(=O)c2nonc2C1. The number of nitrogens with zero attached hydrogens (tertiary/aromatic N) is 2. The first-order valence-corrected chi connectivity index (χ1v) is 4.18. The molecular formula is C8H11N3O2. The molecule has 0 bridgehead atoms. The minimum Gasteiger partial charge on any atom is -0.350 e. The fourth-order valence-electron chi connectivity index (χ4n) is 1.41. The van der Waals surface area contributed by atoms with Crippen LogP contribution in [0.25, 0.3) is 0 Å². The van der Waals surface area contributed by atoms with Crippen LogP contribution in [0.3, 0.4) is 0 Å². The monoisotopic (exact) mass is 181 g/mol. The molecule has 0 aromatic carbocycles. The number of fused-ring (bicyclic) bond motifs is 1. The molecule has 0 unspecified atom stereocenters. The topological polar surface area (TPSA) is 68.0 Å². The van der Waals surface area contributed by atoms with Gasteiger partial charge in [0.25, 0.3) is 5.91 Å². The van der Waals surface area contributed by atoms with E-state index in [-0.39, 0.29) is 11.3 Å². The van der Waals surface area contributed by atoms with E-state index < -0.39 is 0 Å². The number of hydrogen-bond donors (Lipinski definition) is 1. The average molecular weight is 181 g/mol. The summed E-state index contributed by atoms with van der Waals surface area (Å²) in [5.41, 5.74) is 0.991. The molecule has 13 heavy (non-hydrogen) atoms. The molecule has 0 spiro atoms. The van der Waals surface area contributed by atoms with E-state index in [0.29, 0.717) is 24.4 Å². The number of carbonyl (C=O) groups is 1. The van der Waals surface area contributed by atoms with Crippen molar-refractivity contribution in [2.75, 3.05) is 6.54 Å². The summed E-state index contributed by atoms with van der Waals surface area (Å²) in [6.45, 7) is 4.78. The normalized spacial score (nSPS) is 20.3. The molecule has 1 N–H and O–H groups in total. The number of hydrogen-bond acceptors (Lipinski definition) is 4. The lowest BCUT2D eigenvalue weighted by Gasteiger charge is -2.20. The summed E-state index contributed by atoms with van der Waals surface area (Å²) in [4.78, 5) is 11.4. The van der Waals surface area contributed by atoms with Crippen molar-refractivity contribution in [3.05, 3.63) is 11.4 Å². The van der Waals surface area contributed by atoms with Crippen LogP contribution in [-0.2, 0) is 6.42 Å². The van der Waals surface area contributed by atoms with Gasteiger partial charge in [0.15, 0.2) is 5.69 Å². The Bertz CT molecular complexity index is 343. The van der Waals surface area contributed by atoms with E-state index in [9.17, 15) is 4.79 Å². The summed E-state index contributed by atoms with van der Waals surface area (Å²) in [5, 5.41) is 10.1. The third kappa shape index (κ3) is 1.41. The van der Waals surface area contributed by atoms with Crippen molar-refractivity contribution in [2.24, 2.45) is 5.41 Å². The smallest absolute Gasteiger partial charge is 0.275 e. The maximum absolute atomic E-state index is 11.4. The van der Waals surface area contributed by atoms with Crippen molar-refractivity contribution in [3.63, 3.8) is 0 Å². The third-order valence-corrected chi connectivity index (χ3v) is 2.15. The summed E-state index contributed by atoms with van der Waals surface area (Å²) in [6, 6.07) is 0. The first-order valence-electron chi connectivity index (χ1n) is 4.18. The van der Waals surface area contributed by atoms with Crippen LogP contribution in [0.5, 0.6) is 0 Å². The molecule has 1 aliphatic heterocycles. The van der Waals surface area contributed by atoms with Crippen molar-refractivity contribution in [2.45, 2.75) is 20.3 Å². The van der Waals surface area contributed by atoms with Crippen molar-refractivity contribution >= 4 is 5.91 Å². The van der Waals surface area contributed by atoms with Gasteiger partial charge in [0.05, 0.1) is 0 Å². The van der Waals surface area contributed by atoms with Crippen LogP contribution in [-0.4, -0.2) is 22.8 Å². The molecule has 1 aromatic rings. The Morgan fingerprint density at radius 3 is 3.00 bits per heavy atom. The molecule has 1 aromatic heterocycles. The summed E-state index contributed by atoms with van der Waals surface area (Å²) in [5.74, 6) is -0.193. The number of aromatic nitrogens is 2. The van der Waals surface area contributed by atoms with Crippen LogP contribution in [0.2, 0.25) is 0 Å². The Balaban J connectivity index is 2.41. The van der Waals surface area contributed by atoms with E-state index in [4.69, 9.17) is 0 Å². The van der Waals surface area contributed by atoms with Gasteiger partial charge in [0.2, 0.25) is 0 Å². The standard InChI is InChI=1S/C8H11N3O2/c1-8(2)3-5-6(11-13-10-5)7(12)9-4-8/h3-4H2,1-2H3,(H,9,12). The van der Waals surface area contributed by atoms with E-state index in [0.717, 1.165) is 0 Å². The molecule has 1 amide bonds. The van der Waals surface area contributed by atoms with Gasteiger partial charge in [-0.25, -0.2) is 4.63 Å². The van der Waals surface area contributed by atoms with Crippen molar-refractivity contribution in [3.8, 4) is 0 Å². The maximum atomic E-state index is 11.4. The van der Waals surface area contributed by atoms with Crippen LogP contribution in [0, 0.1) is 5.41 Å². The largest absolute Gasteiger partial charge is 0.350 e. The molecule has 1 aliphatic rings. The Morgan fingerprint density at radius 2 is 2.23 bits per heavy atom. The van der Waals surface area contributed by atoms with Crippen molar-refractivity contribution < 1.29 is 9.42 Å². The molecule has 0 fully saturated rings. The number of amides is 1. The van der Waals surface area contributed by atoms with Crippen molar-refractivity contribution in [1.29, 1.82) is 0 Å². The Hall–Kier alpha value is -1.39. The fourth-order valence-corrected chi connectivity index (χ4v) is 1.41. The zero-order valence-electron chi connectivity index (χ0n) is 7.63. The lowest BCUT2D eigenvalue weighted by atomic mass is 9.88. The summed E-state index contributed by atoms with van der Waals surface area (Å²) < 4.78 is 4.53. The van der Waals surface area contributed by atoms with Crippen LogP contribution < -0.4 is 5.32 Å². The molecule has 0 saturated carbocycles. The van der Waals surface area contributed by atoms with Gasteiger partial charge in [-0.3, -0.25) is 4.79 Å². The van der Waals surface area contributed by atoms with Gasteiger partial charge in [-0.05, 0) is 10.6 Å². The Morgan fingerprint density at radius 1 is 1.46 bits per heavy atom.